The number of nitrogens with two attached hydrogens (primary N) is 1. The highest BCUT2D eigenvalue weighted by atomic mass is 15.4. The third-order valence-corrected chi connectivity index (χ3v) is 4.25. The molecule has 104 valence electrons. The van der Waals surface area contributed by atoms with Gasteiger partial charge < -0.3 is 0 Å². The quantitative estimate of drug-likeness (QED) is 0.637. The summed E-state index contributed by atoms with van der Waals surface area (Å²) in [6.45, 7) is 8.93. The van der Waals surface area contributed by atoms with Crippen LogP contribution in [0.5, 0.6) is 0 Å². The minimum atomic E-state index is -0.0420. The van der Waals surface area contributed by atoms with E-state index in [1.165, 1.54) is 16.8 Å². The molecule has 0 amide bonds. The largest absolute Gasteiger partial charge is 0.309 e. The Hall–Kier alpha value is -2.03. The molecule has 2 aromatic rings. The van der Waals surface area contributed by atoms with Crippen molar-refractivity contribution in [1.29, 1.82) is 0 Å². The number of aromatic nitrogens is 1. The lowest BCUT2D eigenvalue weighted by molar-refractivity contribution is -0.626. The van der Waals surface area contributed by atoms with Gasteiger partial charge in [0.2, 0.25) is 0 Å². The van der Waals surface area contributed by atoms with Crippen LogP contribution in [0.3, 0.4) is 0 Å². The van der Waals surface area contributed by atoms with Crippen LogP contribution >= 0.6 is 0 Å². The van der Waals surface area contributed by atoms with E-state index in [0.29, 0.717) is 6.04 Å². The average Bonchev–Trinajstić information content (AvgIpc) is 2.40. The van der Waals surface area contributed by atoms with Crippen molar-refractivity contribution in [2.24, 2.45) is 0 Å². The molecule has 1 aliphatic heterocycles. The Morgan fingerprint density at radius 2 is 1.70 bits per heavy atom. The first-order chi connectivity index (χ1) is 9.44. The molecule has 3 rings (SSSR count). The smallest absolute Gasteiger partial charge is 0.269 e. The van der Waals surface area contributed by atoms with Crippen LogP contribution in [0, 0.1) is 0 Å². The normalized spacial score (nSPS) is 15.9. The van der Waals surface area contributed by atoms with E-state index in [0.717, 1.165) is 5.82 Å². The van der Waals surface area contributed by atoms with Gasteiger partial charge in [-0.3, -0.25) is 5.84 Å². The molecule has 3 heteroatoms. The van der Waals surface area contributed by atoms with Crippen molar-refractivity contribution in [3.05, 3.63) is 53.7 Å². The van der Waals surface area contributed by atoms with Gasteiger partial charge in [0.1, 0.15) is 11.9 Å². The molecule has 0 radical (unpaired) electrons. The average molecular weight is 268 g/mol. The first-order valence-electron chi connectivity index (χ1n) is 7.13. The van der Waals surface area contributed by atoms with Crippen LogP contribution in [0.1, 0.15) is 38.8 Å². The molecular formula is C17H22N3+. The summed E-state index contributed by atoms with van der Waals surface area (Å²) < 4.78 is 1.74. The summed E-state index contributed by atoms with van der Waals surface area (Å²) in [5.41, 5.74) is 3.84. The number of hydrogen-bond acceptors (Lipinski definition) is 2. The van der Waals surface area contributed by atoms with Crippen LogP contribution in [0.4, 0.5) is 11.5 Å². The molecule has 20 heavy (non-hydrogen) atoms. The van der Waals surface area contributed by atoms with E-state index in [1.807, 2.05) is 12.3 Å². The van der Waals surface area contributed by atoms with E-state index in [4.69, 9.17) is 5.84 Å². The Bertz CT molecular complexity index is 659. The topological polar surface area (TPSA) is 33.1 Å². The zero-order valence-corrected chi connectivity index (χ0v) is 12.6. The molecule has 2 heterocycles. The van der Waals surface area contributed by atoms with Gasteiger partial charge in [-0.05, 0) is 32.0 Å². The van der Waals surface area contributed by atoms with E-state index in [2.05, 4.69) is 62.9 Å². The second-order valence-electron chi connectivity index (χ2n) is 6.26. The third kappa shape index (κ3) is 1.62. The number of anilines is 2. The molecular weight excluding hydrogens is 246 g/mol. The molecule has 0 fully saturated rings. The van der Waals surface area contributed by atoms with Gasteiger partial charge in [-0.15, -0.1) is 4.68 Å². The van der Waals surface area contributed by atoms with Crippen molar-refractivity contribution >= 4 is 11.5 Å². The molecule has 0 bridgehead atoms. The maximum Gasteiger partial charge on any atom is 0.309 e. The number of fused-ring (bicyclic) bond motifs is 2. The third-order valence-electron chi connectivity index (χ3n) is 4.25. The van der Waals surface area contributed by atoms with Gasteiger partial charge in [0.05, 0.1) is 11.6 Å². The number of hydrogen-bond donors (Lipinski definition) is 1. The van der Waals surface area contributed by atoms with Crippen molar-refractivity contribution in [2.75, 3.05) is 10.7 Å². The van der Waals surface area contributed by atoms with E-state index in [9.17, 15) is 0 Å². The highest BCUT2D eigenvalue weighted by Gasteiger charge is 2.43. The van der Waals surface area contributed by atoms with Crippen LogP contribution in [-0.2, 0) is 5.41 Å². The molecule has 2 N–H and O–H groups in total. The second-order valence-corrected chi connectivity index (χ2v) is 6.26. The minimum absolute atomic E-state index is 0.0420. The number of benzene rings is 1. The van der Waals surface area contributed by atoms with Gasteiger partial charge in [0.15, 0.2) is 0 Å². The summed E-state index contributed by atoms with van der Waals surface area (Å²) in [6.07, 6.45) is 1.91. The SMILES string of the molecule is CC(C)N1c2ccccc2C(C)(C)c2ccc[n+](N)c21. The first-order valence-corrected chi connectivity index (χ1v) is 7.13. The fourth-order valence-electron chi connectivity index (χ4n) is 3.25. The van der Waals surface area contributed by atoms with Crippen LogP contribution in [0.2, 0.25) is 0 Å². The number of para-hydroxylation sites is 1. The number of pyridine rings is 1. The maximum absolute atomic E-state index is 6.22. The van der Waals surface area contributed by atoms with Crippen LogP contribution in [0.15, 0.2) is 42.6 Å². The standard InChI is InChI=1S/C17H22N3/c1-12(2)20-15-10-6-5-8-13(15)17(3,4)14-9-7-11-19(18)16(14)20/h5-12H,18H2,1-4H3/q+1. The van der Waals surface area contributed by atoms with Gasteiger partial charge in [0, 0.05) is 11.0 Å². The lowest BCUT2D eigenvalue weighted by Gasteiger charge is -2.37. The molecule has 0 unspecified atom stereocenters. The molecule has 3 nitrogen and oxygen atoms in total. The molecule has 0 atom stereocenters. The maximum atomic E-state index is 6.22. The van der Waals surface area contributed by atoms with Crippen LogP contribution in [0.25, 0.3) is 0 Å². The van der Waals surface area contributed by atoms with Crippen LogP contribution < -0.4 is 15.4 Å². The number of rotatable bonds is 1. The van der Waals surface area contributed by atoms with Gasteiger partial charge >= 0.3 is 5.82 Å². The van der Waals surface area contributed by atoms with E-state index >= 15 is 0 Å². The Labute approximate surface area is 120 Å². The molecule has 1 aromatic heterocycles. The molecule has 1 aliphatic rings. The predicted octanol–water partition coefficient (Wildman–Crippen LogP) is 2.87. The zero-order chi connectivity index (χ0) is 14.5. The summed E-state index contributed by atoms with van der Waals surface area (Å²) in [6, 6.07) is 13.2. The Morgan fingerprint density at radius 3 is 2.40 bits per heavy atom. The highest BCUT2D eigenvalue weighted by Crippen LogP contribution is 2.47. The fraction of sp³-hybridized carbons (Fsp3) is 0.353. The lowest BCUT2D eigenvalue weighted by Crippen LogP contribution is -2.53. The predicted molar refractivity (Wildman–Crippen MR) is 82.6 cm³/mol. The molecule has 1 aromatic carbocycles. The van der Waals surface area contributed by atoms with E-state index in [1.54, 1.807) is 4.68 Å². The van der Waals surface area contributed by atoms with Crippen molar-refractivity contribution < 1.29 is 4.68 Å². The Balaban J connectivity index is 2.38. The van der Waals surface area contributed by atoms with Crippen molar-refractivity contribution in [2.45, 2.75) is 39.2 Å². The molecule has 0 aliphatic carbocycles. The van der Waals surface area contributed by atoms with Crippen molar-refractivity contribution in [3.8, 4) is 0 Å². The van der Waals surface area contributed by atoms with E-state index < -0.39 is 0 Å². The summed E-state index contributed by atoms with van der Waals surface area (Å²) >= 11 is 0. The number of nitrogens with zero attached hydrogens (tertiary/aromatic N) is 2. The number of nitrogen functional groups attached to an aromatic ring is 1. The van der Waals surface area contributed by atoms with Crippen molar-refractivity contribution in [1.82, 2.24) is 0 Å². The zero-order valence-electron chi connectivity index (χ0n) is 12.6. The van der Waals surface area contributed by atoms with Crippen molar-refractivity contribution in [3.63, 3.8) is 0 Å². The first kappa shape index (κ1) is 13.0. The minimum Gasteiger partial charge on any atom is -0.269 e. The summed E-state index contributed by atoms with van der Waals surface area (Å²) in [5.74, 6) is 7.31. The van der Waals surface area contributed by atoms with Gasteiger partial charge in [-0.25, -0.2) is 4.90 Å². The lowest BCUT2D eigenvalue weighted by atomic mass is 9.74. The molecule has 0 spiro atoms. The van der Waals surface area contributed by atoms with Gasteiger partial charge in [0.25, 0.3) is 0 Å². The summed E-state index contributed by atoms with van der Waals surface area (Å²) in [5, 5.41) is 0. The summed E-state index contributed by atoms with van der Waals surface area (Å²) in [7, 11) is 0. The molecule has 0 saturated heterocycles. The summed E-state index contributed by atoms with van der Waals surface area (Å²) in [4.78, 5) is 2.33. The highest BCUT2D eigenvalue weighted by molar-refractivity contribution is 5.74. The fourth-order valence-corrected chi connectivity index (χ4v) is 3.25. The monoisotopic (exact) mass is 268 g/mol. The second kappa shape index (κ2) is 4.23. The van der Waals surface area contributed by atoms with Gasteiger partial charge in [-0.1, -0.05) is 32.0 Å². The van der Waals surface area contributed by atoms with E-state index in [-0.39, 0.29) is 5.41 Å². The Morgan fingerprint density at radius 1 is 1.05 bits per heavy atom. The van der Waals surface area contributed by atoms with Gasteiger partial charge in [-0.2, -0.15) is 0 Å². The Kier molecular flexibility index (Phi) is 2.75. The van der Waals surface area contributed by atoms with Crippen LogP contribution in [-0.4, -0.2) is 6.04 Å². The molecule has 0 saturated carbocycles.